The number of benzene rings is 3. The van der Waals surface area contributed by atoms with Gasteiger partial charge in [-0.25, -0.2) is 4.98 Å². The first-order chi connectivity index (χ1) is 17.6. The van der Waals surface area contributed by atoms with Gasteiger partial charge in [-0.1, -0.05) is 42.8 Å². The third-order valence-electron chi connectivity index (χ3n) is 7.16. The zero-order valence-corrected chi connectivity index (χ0v) is 20.9. The molecule has 1 fully saturated rings. The molecule has 0 saturated carbocycles. The Bertz CT molecular complexity index is 1450. The fraction of sp³-hybridized carbons (Fsp3) is 0.241. The molecule has 0 radical (unpaired) electrons. The summed E-state index contributed by atoms with van der Waals surface area (Å²) in [6, 6.07) is 22.0. The smallest absolute Gasteiger partial charge is 0.257 e. The van der Waals surface area contributed by atoms with Gasteiger partial charge in [-0.2, -0.15) is 0 Å². The molecule has 36 heavy (non-hydrogen) atoms. The van der Waals surface area contributed by atoms with Gasteiger partial charge in [0.2, 0.25) is 0 Å². The van der Waals surface area contributed by atoms with E-state index in [1.54, 1.807) is 0 Å². The molecule has 182 valence electrons. The number of halogens is 1. The molecule has 3 aromatic carbocycles. The van der Waals surface area contributed by atoms with Gasteiger partial charge in [0, 0.05) is 46.7 Å². The van der Waals surface area contributed by atoms with E-state index >= 15 is 0 Å². The summed E-state index contributed by atoms with van der Waals surface area (Å²) in [5, 5.41) is 7.37. The molecule has 1 aromatic heterocycles. The predicted molar refractivity (Wildman–Crippen MR) is 147 cm³/mol. The number of aromatic nitrogens is 2. The van der Waals surface area contributed by atoms with E-state index in [4.69, 9.17) is 16.6 Å². The van der Waals surface area contributed by atoms with Crippen LogP contribution in [0.15, 0.2) is 66.7 Å². The van der Waals surface area contributed by atoms with E-state index in [-0.39, 0.29) is 5.91 Å². The molecule has 7 heteroatoms. The molecule has 0 atom stereocenters. The van der Waals surface area contributed by atoms with E-state index in [0.29, 0.717) is 22.5 Å². The van der Waals surface area contributed by atoms with Crippen LogP contribution in [0.25, 0.3) is 22.2 Å². The summed E-state index contributed by atoms with van der Waals surface area (Å²) < 4.78 is 0. The lowest BCUT2D eigenvalue weighted by Crippen LogP contribution is -2.38. The molecule has 6 nitrogen and oxygen atoms in total. The number of likely N-dealkylation sites (tertiary alicyclic amines) is 1. The Morgan fingerprint density at radius 1 is 1.08 bits per heavy atom. The quantitative estimate of drug-likeness (QED) is 0.295. The highest BCUT2D eigenvalue weighted by molar-refractivity contribution is 6.38. The van der Waals surface area contributed by atoms with Crippen molar-refractivity contribution in [1.82, 2.24) is 14.9 Å². The van der Waals surface area contributed by atoms with Crippen molar-refractivity contribution in [3.63, 3.8) is 0 Å². The van der Waals surface area contributed by atoms with E-state index in [0.717, 1.165) is 71.6 Å². The maximum absolute atomic E-state index is 13.4. The highest BCUT2D eigenvalue weighted by Crippen LogP contribution is 2.41. The van der Waals surface area contributed by atoms with E-state index < -0.39 is 0 Å². The Morgan fingerprint density at radius 2 is 1.92 bits per heavy atom. The highest BCUT2D eigenvalue weighted by Gasteiger charge is 2.31. The summed E-state index contributed by atoms with van der Waals surface area (Å²) in [6.45, 7) is 5.53. The summed E-state index contributed by atoms with van der Waals surface area (Å²) in [7, 11) is 0. The first-order valence-electron chi connectivity index (χ1n) is 12.5. The number of fused-ring (bicyclic) bond motifs is 2. The first-order valence-corrected chi connectivity index (χ1v) is 12.9. The Morgan fingerprint density at radius 3 is 2.69 bits per heavy atom. The van der Waals surface area contributed by atoms with Gasteiger partial charge in [-0.15, -0.1) is 0 Å². The second kappa shape index (κ2) is 9.45. The zero-order chi connectivity index (χ0) is 24.6. The number of nitrogens with zero attached hydrogens (tertiary/aromatic N) is 2. The molecule has 1 amide bonds. The Labute approximate surface area is 215 Å². The fourth-order valence-electron chi connectivity index (χ4n) is 5.25. The third-order valence-corrected chi connectivity index (χ3v) is 7.39. The molecule has 6 rings (SSSR count). The summed E-state index contributed by atoms with van der Waals surface area (Å²) in [6.07, 6.45) is 2.22. The molecule has 3 N–H and O–H groups in total. The zero-order valence-electron chi connectivity index (χ0n) is 20.1. The van der Waals surface area contributed by atoms with Crippen molar-refractivity contribution in [2.75, 3.05) is 30.3 Å². The summed E-state index contributed by atoms with van der Waals surface area (Å²) in [4.78, 5) is 24.2. The molecule has 3 heterocycles. The predicted octanol–water partition coefficient (Wildman–Crippen LogP) is 6.02. The number of para-hydroxylation sites is 2. The van der Waals surface area contributed by atoms with Gasteiger partial charge in [0.15, 0.2) is 0 Å². The average molecular weight is 498 g/mol. The largest absolute Gasteiger partial charge is 0.382 e. The van der Waals surface area contributed by atoms with Crippen LogP contribution in [-0.2, 0) is 4.79 Å². The van der Waals surface area contributed by atoms with Crippen molar-refractivity contribution < 1.29 is 4.79 Å². The van der Waals surface area contributed by atoms with Crippen LogP contribution >= 0.6 is 11.6 Å². The molecule has 4 aromatic rings. The molecule has 0 unspecified atom stereocenters. The van der Waals surface area contributed by atoms with Gasteiger partial charge >= 0.3 is 0 Å². The second-order valence-corrected chi connectivity index (χ2v) is 9.87. The summed E-state index contributed by atoms with van der Waals surface area (Å²) in [5.74, 6) is 0.496. The normalized spacial score (nSPS) is 17.8. The minimum Gasteiger partial charge on any atom is -0.382 e. The fourth-order valence-corrected chi connectivity index (χ4v) is 5.44. The second-order valence-electron chi connectivity index (χ2n) is 9.43. The lowest BCUT2D eigenvalue weighted by molar-refractivity contribution is -0.110. The van der Waals surface area contributed by atoms with Gasteiger partial charge in [0.1, 0.15) is 5.82 Å². The van der Waals surface area contributed by atoms with E-state index in [1.807, 2.05) is 54.6 Å². The number of hydrogen-bond donors (Lipinski definition) is 3. The van der Waals surface area contributed by atoms with Crippen molar-refractivity contribution in [2.45, 2.75) is 25.8 Å². The number of H-pyrrole nitrogens is 1. The molecular weight excluding hydrogens is 470 g/mol. The van der Waals surface area contributed by atoms with Crippen LogP contribution in [0.3, 0.4) is 0 Å². The molecule has 1 saturated heterocycles. The number of imidazole rings is 1. The number of anilines is 2. The average Bonchev–Trinajstić information content (AvgIpc) is 3.46. The Kier molecular flexibility index (Phi) is 5.99. The van der Waals surface area contributed by atoms with Crippen molar-refractivity contribution in [3.05, 3.63) is 88.7 Å². The highest BCUT2D eigenvalue weighted by atomic mass is 35.5. The summed E-state index contributed by atoms with van der Waals surface area (Å²) >= 11 is 6.39. The molecule has 2 aliphatic heterocycles. The van der Waals surface area contributed by atoms with Crippen LogP contribution in [0.2, 0.25) is 5.02 Å². The van der Waals surface area contributed by atoms with Crippen LogP contribution in [-0.4, -0.2) is 46.5 Å². The number of rotatable bonds is 5. The summed E-state index contributed by atoms with van der Waals surface area (Å²) in [5.41, 5.74) is 6.62. The monoisotopic (exact) mass is 497 g/mol. The maximum Gasteiger partial charge on any atom is 0.257 e. The minimum atomic E-state index is -0.145. The van der Waals surface area contributed by atoms with Gasteiger partial charge in [-0.3, -0.25) is 4.79 Å². The SMILES string of the molecule is CCN1CCC(Nc2ccc3c(c2)/C(=C(\c2cccc(Cl)c2)c2nc4ccccc4[nH]2)C(=O)N3)CC1. The number of carbonyl (C=O) groups excluding carboxylic acids is 1. The lowest BCUT2D eigenvalue weighted by atomic mass is 9.94. The van der Waals surface area contributed by atoms with Crippen LogP contribution in [0.4, 0.5) is 11.4 Å². The molecule has 0 bridgehead atoms. The van der Waals surface area contributed by atoms with Gasteiger partial charge < -0.3 is 20.5 Å². The van der Waals surface area contributed by atoms with Crippen molar-refractivity contribution >= 4 is 51.1 Å². The third kappa shape index (κ3) is 4.27. The lowest BCUT2D eigenvalue weighted by Gasteiger charge is -2.32. The first kappa shape index (κ1) is 22.8. The number of amides is 1. The number of aromatic amines is 1. The van der Waals surface area contributed by atoms with E-state index in [1.165, 1.54) is 0 Å². The van der Waals surface area contributed by atoms with Crippen LogP contribution < -0.4 is 10.6 Å². The van der Waals surface area contributed by atoms with Gasteiger partial charge in [0.25, 0.3) is 5.91 Å². The Balaban J connectivity index is 1.46. The Hall–Kier alpha value is -3.61. The van der Waals surface area contributed by atoms with Crippen molar-refractivity contribution in [3.8, 4) is 0 Å². The minimum absolute atomic E-state index is 0.145. The standard InChI is InChI=1S/C29H28ClN5O/c1-2-35-14-12-20(13-15-35)31-21-10-11-23-22(17-21)27(29(36)34-23)26(18-6-5-7-19(30)16-18)28-32-24-8-3-4-9-25(24)33-28/h3-11,16-17,20,31H,2,12-15H2,1H3,(H,32,33)(H,34,36)/b27-26-. The van der Waals surface area contributed by atoms with Crippen molar-refractivity contribution in [2.24, 2.45) is 0 Å². The van der Waals surface area contributed by atoms with E-state index in [2.05, 4.69) is 39.6 Å². The van der Waals surface area contributed by atoms with E-state index in [9.17, 15) is 4.79 Å². The number of hydrogen-bond acceptors (Lipinski definition) is 4. The van der Waals surface area contributed by atoms with Crippen molar-refractivity contribution in [1.29, 1.82) is 0 Å². The number of carbonyl (C=O) groups is 1. The van der Waals surface area contributed by atoms with Crippen LogP contribution in [0.1, 0.15) is 36.7 Å². The topological polar surface area (TPSA) is 73.0 Å². The van der Waals surface area contributed by atoms with Gasteiger partial charge in [-0.05, 0) is 67.4 Å². The number of nitrogens with one attached hydrogen (secondary N) is 3. The van der Waals surface area contributed by atoms with Gasteiger partial charge in [0.05, 0.1) is 16.6 Å². The molecule has 0 aliphatic carbocycles. The maximum atomic E-state index is 13.4. The number of piperidine rings is 1. The van der Waals surface area contributed by atoms with Crippen LogP contribution in [0.5, 0.6) is 0 Å². The molecular formula is C29H28ClN5O. The molecule has 2 aliphatic rings. The molecule has 0 spiro atoms. The van der Waals surface area contributed by atoms with Crippen LogP contribution in [0, 0.1) is 0 Å².